The summed E-state index contributed by atoms with van der Waals surface area (Å²) in [7, 11) is 0. The van der Waals surface area contributed by atoms with E-state index in [9.17, 15) is 10.2 Å². The average Bonchev–Trinajstić information content (AvgIpc) is 2.75. The van der Waals surface area contributed by atoms with Crippen molar-refractivity contribution in [1.82, 2.24) is 0 Å². The predicted molar refractivity (Wildman–Crippen MR) is 152 cm³/mol. The van der Waals surface area contributed by atoms with E-state index in [2.05, 4.69) is 52.0 Å². The third-order valence-electron chi connectivity index (χ3n) is 13.3. The fourth-order valence-corrected chi connectivity index (χ4v) is 14.8. The summed E-state index contributed by atoms with van der Waals surface area (Å²) in [6, 6.07) is 16.8. The van der Waals surface area contributed by atoms with Gasteiger partial charge in [0.15, 0.2) is 0 Å². The van der Waals surface area contributed by atoms with Crippen LogP contribution in [0.1, 0.15) is 116 Å². The Morgan fingerprint density at radius 2 is 0.684 bits per heavy atom. The first-order valence-electron chi connectivity index (χ1n) is 15.3. The third kappa shape index (κ3) is 3.01. The van der Waals surface area contributed by atoms with Crippen molar-refractivity contribution < 1.29 is 10.2 Å². The van der Waals surface area contributed by atoms with E-state index in [1.807, 2.05) is 24.3 Å². The van der Waals surface area contributed by atoms with E-state index in [1.165, 1.54) is 88.2 Å². The van der Waals surface area contributed by atoms with Crippen LogP contribution in [0.5, 0.6) is 11.5 Å². The first kappa shape index (κ1) is 23.9. The highest BCUT2D eigenvalue weighted by atomic mass is 16.3. The van der Waals surface area contributed by atoms with E-state index in [0.29, 0.717) is 44.0 Å². The van der Waals surface area contributed by atoms with Gasteiger partial charge in [-0.3, -0.25) is 0 Å². The fraction of sp³-hybridized carbons (Fsp3) is 0.667. The number of phenolic OH excluding ortho intramolecular Hbond substituents is 2. The lowest BCUT2D eigenvalue weighted by Gasteiger charge is -2.80. The molecule has 8 saturated carbocycles. The van der Waals surface area contributed by atoms with Crippen LogP contribution in [0.25, 0.3) is 0 Å². The van der Waals surface area contributed by atoms with Gasteiger partial charge in [0.2, 0.25) is 0 Å². The highest BCUT2D eigenvalue weighted by Gasteiger charge is 2.76. The minimum Gasteiger partial charge on any atom is -0.508 e. The summed E-state index contributed by atoms with van der Waals surface area (Å²) < 4.78 is 0. The van der Waals surface area contributed by atoms with Crippen molar-refractivity contribution in [2.45, 2.75) is 116 Å². The number of rotatable bonds is 3. The lowest BCUT2D eigenvalue weighted by atomic mass is 9.24. The van der Waals surface area contributed by atoms with Gasteiger partial charge in [-0.15, -0.1) is 0 Å². The Balaban J connectivity index is 1.31. The molecule has 10 rings (SSSR count). The molecule has 202 valence electrons. The standard InChI is InChI=1S/C36H46O2/c1-29-13-30(2)16-33(15-29,25-5-9-27(37)10-6-25)23-35(19-29,20-30)36-21-31(3)14-32(4,22-36)18-34(17-31,24-36)26-7-11-28(38)12-8-26/h5-12,37-38H,13-24H2,1-4H3. The Labute approximate surface area is 229 Å². The zero-order valence-corrected chi connectivity index (χ0v) is 24.0. The molecule has 0 saturated heterocycles. The lowest BCUT2D eigenvalue weighted by molar-refractivity contribution is -0.275. The molecular formula is C36H46O2. The van der Waals surface area contributed by atoms with E-state index < -0.39 is 0 Å². The highest BCUT2D eigenvalue weighted by Crippen LogP contribution is 2.85. The van der Waals surface area contributed by atoms with E-state index in [0.717, 1.165) is 0 Å². The van der Waals surface area contributed by atoms with Gasteiger partial charge in [0.25, 0.3) is 0 Å². The van der Waals surface area contributed by atoms with Crippen molar-refractivity contribution >= 4 is 0 Å². The zero-order chi connectivity index (χ0) is 26.5. The van der Waals surface area contributed by atoms with Gasteiger partial charge in [0, 0.05) is 0 Å². The first-order chi connectivity index (χ1) is 17.7. The Kier molecular flexibility index (Phi) is 4.19. The Bertz CT molecular complexity index is 1180. The second kappa shape index (κ2) is 6.67. The molecule has 4 atom stereocenters. The Hall–Kier alpha value is -1.96. The molecule has 8 aliphatic carbocycles. The number of hydrogen-bond acceptors (Lipinski definition) is 2. The van der Waals surface area contributed by atoms with Crippen molar-refractivity contribution in [3.8, 4) is 11.5 Å². The number of aromatic hydroxyl groups is 2. The molecule has 0 radical (unpaired) electrons. The summed E-state index contributed by atoms with van der Waals surface area (Å²) >= 11 is 0. The predicted octanol–water partition coefficient (Wildman–Crippen LogP) is 9.03. The zero-order valence-electron chi connectivity index (χ0n) is 24.0. The van der Waals surface area contributed by atoms with Gasteiger partial charge in [-0.1, -0.05) is 52.0 Å². The molecule has 0 amide bonds. The van der Waals surface area contributed by atoms with E-state index >= 15 is 0 Å². The fourth-order valence-electron chi connectivity index (χ4n) is 14.8. The van der Waals surface area contributed by atoms with E-state index in [-0.39, 0.29) is 10.8 Å². The molecule has 4 unspecified atom stereocenters. The van der Waals surface area contributed by atoms with Gasteiger partial charge in [-0.2, -0.15) is 0 Å². The summed E-state index contributed by atoms with van der Waals surface area (Å²) in [5, 5.41) is 20.3. The maximum Gasteiger partial charge on any atom is 0.115 e. The smallest absolute Gasteiger partial charge is 0.115 e. The lowest BCUT2D eigenvalue weighted by Crippen LogP contribution is -2.71. The van der Waals surface area contributed by atoms with Gasteiger partial charge in [0.1, 0.15) is 11.5 Å². The summed E-state index contributed by atoms with van der Waals surface area (Å²) in [6.07, 6.45) is 16.4. The van der Waals surface area contributed by atoms with Crippen LogP contribution in [0.15, 0.2) is 48.5 Å². The van der Waals surface area contributed by atoms with Crippen LogP contribution in [0.3, 0.4) is 0 Å². The molecule has 2 nitrogen and oxygen atoms in total. The van der Waals surface area contributed by atoms with Crippen LogP contribution in [0.4, 0.5) is 0 Å². The van der Waals surface area contributed by atoms with Crippen molar-refractivity contribution in [2.24, 2.45) is 32.5 Å². The second-order valence-electron chi connectivity index (χ2n) is 17.6. The van der Waals surface area contributed by atoms with Gasteiger partial charge in [-0.25, -0.2) is 0 Å². The van der Waals surface area contributed by atoms with Crippen LogP contribution in [-0.2, 0) is 10.8 Å². The molecule has 0 spiro atoms. The molecule has 0 heterocycles. The van der Waals surface area contributed by atoms with Crippen molar-refractivity contribution in [1.29, 1.82) is 0 Å². The van der Waals surface area contributed by atoms with E-state index in [1.54, 1.807) is 0 Å². The molecule has 0 aliphatic heterocycles. The number of phenols is 2. The largest absolute Gasteiger partial charge is 0.508 e. The quantitative estimate of drug-likeness (QED) is 0.432. The Morgan fingerprint density at radius 1 is 0.395 bits per heavy atom. The molecule has 8 aliphatic rings. The van der Waals surface area contributed by atoms with Gasteiger partial charge >= 0.3 is 0 Å². The summed E-state index contributed by atoms with van der Waals surface area (Å²) in [5.74, 6) is 0.784. The molecule has 2 aromatic rings. The maximum absolute atomic E-state index is 10.1. The molecule has 2 aromatic carbocycles. The van der Waals surface area contributed by atoms with Gasteiger partial charge < -0.3 is 10.2 Å². The van der Waals surface area contributed by atoms with Crippen molar-refractivity contribution in [2.75, 3.05) is 0 Å². The Morgan fingerprint density at radius 3 is 0.974 bits per heavy atom. The van der Waals surface area contributed by atoms with Crippen LogP contribution in [-0.4, -0.2) is 10.2 Å². The number of hydrogen-bond donors (Lipinski definition) is 2. The van der Waals surface area contributed by atoms with Crippen LogP contribution >= 0.6 is 0 Å². The highest BCUT2D eigenvalue weighted by molar-refractivity contribution is 5.41. The molecule has 8 fully saturated rings. The molecule has 8 bridgehead atoms. The molecule has 38 heavy (non-hydrogen) atoms. The average molecular weight is 511 g/mol. The third-order valence-corrected chi connectivity index (χ3v) is 13.3. The van der Waals surface area contributed by atoms with Crippen molar-refractivity contribution in [3.63, 3.8) is 0 Å². The maximum atomic E-state index is 10.1. The van der Waals surface area contributed by atoms with Crippen LogP contribution in [0, 0.1) is 32.5 Å². The molecule has 2 N–H and O–H groups in total. The molecular weight excluding hydrogens is 464 g/mol. The minimum atomic E-state index is 0.239. The summed E-state index contributed by atoms with van der Waals surface area (Å²) in [5.41, 5.74) is 5.83. The van der Waals surface area contributed by atoms with Gasteiger partial charge in [-0.05, 0) is 156 Å². The van der Waals surface area contributed by atoms with Gasteiger partial charge in [0.05, 0.1) is 0 Å². The minimum absolute atomic E-state index is 0.239. The first-order valence-corrected chi connectivity index (χ1v) is 15.3. The summed E-state index contributed by atoms with van der Waals surface area (Å²) in [4.78, 5) is 0. The molecule has 2 heteroatoms. The SMILES string of the molecule is CC12CC3(C)CC(c4ccc(O)cc4)(C1)CC(C14CC5(C)CC(C)(CC(c6ccc(O)cc6)(C5)C1)C4)(C2)C3. The van der Waals surface area contributed by atoms with Crippen molar-refractivity contribution in [3.05, 3.63) is 59.7 Å². The van der Waals surface area contributed by atoms with Crippen LogP contribution < -0.4 is 0 Å². The topological polar surface area (TPSA) is 40.5 Å². The second-order valence-corrected chi connectivity index (χ2v) is 17.6. The van der Waals surface area contributed by atoms with E-state index in [4.69, 9.17) is 0 Å². The normalized spacial score (nSPS) is 52.0. The number of benzene rings is 2. The monoisotopic (exact) mass is 510 g/mol. The van der Waals surface area contributed by atoms with Crippen LogP contribution in [0.2, 0.25) is 0 Å². The summed E-state index contributed by atoms with van der Waals surface area (Å²) in [6.45, 7) is 10.6. The molecule has 0 aromatic heterocycles.